The van der Waals surface area contributed by atoms with Gasteiger partial charge < -0.3 is 25.0 Å². The molecule has 0 radical (unpaired) electrons. The zero-order chi connectivity index (χ0) is 23.4. The summed E-state index contributed by atoms with van der Waals surface area (Å²) in [5.41, 5.74) is 1.70. The number of β-amino-alcohol motifs (C(OH)–C–C–N with tert-alkyl or cyclic N) is 1. The Labute approximate surface area is 188 Å². The maximum atomic E-state index is 13.0. The first kappa shape index (κ1) is 21.7. The van der Waals surface area contributed by atoms with Gasteiger partial charge in [-0.05, 0) is 54.9 Å². The van der Waals surface area contributed by atoms with E-state index in [0.29, 0.717) is 22.9 Å². The lowest BCUT2D eigenvalue weighted by Crippen LogP contribution is -2.69. The fourth-order valence-corrected chi connectivity index (χ4v) is 4.33. The lowest BCUT2D eigenvalue weighted by molar-refractivity contribution is -0.267. The third-order valence-electron chi connectivity index (χ3n) is 6.34. The molecule has 33 heavy (non-hydrogen) atoms. The van der Waals surface area contributed by atoms with Gasteiger partial charge in [0.1, 0.15) is 5.75 Å². The second kappa shape index (κ2) is 7.74. The first-order chi connectivity index (χ1) is 15.6. The molecule has 2 aromatic carbocycles. The van der Waals surface area contributed by atoms with Gasteiger partial charge in [0.2, 0.25) is 5.95 Å². The highest BCUT2D eigenvalue weighted by atomic mass is 19.4. The summed E-state index contributed by atoms with van der Waals surface area (Å²) in [6.45, 7) is 0.838. The van der Waals surface area contributed by atoms with Gasteiger partial charge in [-0.1, -0.05) is 0 Å². The molecular weight excluding hydrogens is 435 g/mol. The number of nitrogens with one attached hydrogen (secondary N) is 1. The van der Waals surface area contributed by atoms with E-state index in [1.807, 2.05) is 12.1 Å². The zero-order valence-corrected chi connectivity index (χ0v) is 18.3. The number of halogens is 3. The fraction of sp³-hybridized carbons (Fsp3) is 0.391. The van der Waals surface area contributed by atoms with Gasteiger partial charge in [0.05, 0.1) is 31.4 Å². The van der Waals surface area contributed by atoms with E-state index in [9.17, 15) is 18.3 Å². The second-order valence-corrected chi connectivity index (χ2v) is 8.76. The summed E-state index contributed by atoms with van der Waals surface area (Å²) in [6.07, 6.45) is -2.03. The van der Waals surface area contributed by atoms with Crippen LogP contribution < -0.4 is 15.0 Å². The predicted octanol–water partition coefficient (Wildman–Crippen LogP) is 3.48. The minimum atomic E-state index is -4.65. The van der Waals surface area contributed by atoms with E-state index in [1.165, 1.54) is 16.0 Å². The van der Waals surface area contributed by atoms with Crippen LogP contribution in [0.15, 0.2) is 36.5 Å². The Morgan fingerprint density at radius 1 is 1.15 bits per heavy atom. The topological polar surface area (TPSA) is 73.8 Å². The molecule has 0 unspecified atom stereocenters. The Kier molecular flexibility index (Phi) is 5.09. The molecule has 0 atom stereocenters. The maximum absolute atomic E-state index is 13.0. The van der Waals surface area contributed by atoms with Gasteiger partial charge in [0, 0.05) is 30.4 Å². The van der Waals surface area contributed by atoms with Crippen LogP contribution in [0.25, 0.3) is 10.9 Å². The molecule has 1 saturated heterocycles. The number of methoxy groups -OCH3 is 1. The highest BCUT2D eigenvalue weighted by Crippen LogP contribution is 2.40. The summed E-state index contributed by atoms with van der Waals surface area (Å²) in [5.74, 6) is 1.06. The van der Waals surface area contributed by atoms with Crippen molar-refractivity contribution in [3.8, 4) is 5.75 Å². The third-order valence-corrected chi connectivity index (χ3v) is 6.34. The van der Waals surface area contributed by atoms with Gasteiger partial charge in [-0.3, -0.25) is 0 Å². The lowest BCUT2D eigenvalue weighted by Gasteiger charge is -2.48. The van der Waals surface area contributed by atoms with Crippen molar-refractivity contribution in [1.29, 1.82) is 0 Å². The largest absolute Gasteiger partial charge is 0.495 e. The molecule has 3 heterocycles. The normalized spacial score (nSPS) is 18.1. The van der Waals surface area contributed by atoms with Crippen LogP contribution in [0.1, 0.15) is 11.1 Å². The van der Waals surface area contributed by atoms with Crippen molar-refractivity contribution in [3.05, 3.63) is 47.7 Å². The number of hydrogen-bond donors (Lipinski definition) is 2. The first-order valence-corrected chi connectivity index (χ1v) is 10.6. The number of alkyl halides is 3. The number of ether oxygens (including phenoxy) is 1. The van der Waals surface area contributed by atoms with Crippen LogP contribution in [0.4, 0.5) is 30.5 Å². The zero-order valence-electron chi connectivity index (χ0n) is 18.3. The molecular formula is C23H24F3N5O2. The van der Waals surface area contributed by atoms with E-state index in [1.54, 1.807) is 31.5 Å². The van der Waals surface area contributed by atoms with Crippen LogP contribution in [-0.2, 0) is 13.0 Å². The van der Waals surface area contributed by atoms with Gasteiger partial charge in [0.25, 0.3) is 0 Å². The van der Waals surface area contributed by atoms with E-state index in [-0.39, 0.29) is 0 Å². The molecule has 0 amide bonds. The van der Waals surface area contributed by atoms with E-state index in [4.69, 9.17) is 4.74 Å². The molecule has 2 aliphatic heterocycles. The highest BCUT2D eigenvalue weighted by molar-refractivity contribution is 5.83. The monoisotopic (exact) mass is 459 g/mol. The van der Waals surface area contributed by atoms with E-state index in [2.05, 4.69) is 27.2 Å². The number of hydrogen-bond acceptors (Lipinski definition) is 7. The van der Waals surface area contributed by atoms with Crippen molar-refractivity contribution < 1.29 is 23.0 Å². The molecule has 0 saturated carbocycles. The minimum Gasteiger partial charge on any atom is -0.495 e. The number of benzene rings is 2. The molecule has 7 nitrogen and oxygen atoms in total. The van der Waals surface area contributed by atoms with Crippen molar-refractivity contribution in [2.24, 2.45) is 0 Å². The summed E-state index contributed by atoms with van der Waals surface area (Å²) in [4.78, 5) is 12.7. The lowest BCUT2D eigenvalue weighted by atomic mass is 9.92. The maximum Gasteiger partial charge on any atom is 0.420 e. The molecule has 1 aromatic heterocycles. The van der Waals surface area contributed by atoms with E-state index >= 15 is 0 Å². The molecule has 0 aliphatic carbocycles. The molecule has 1 fully saturated rings. The van der Waals surface area contributed by atoms with Gasteiger partial charge in [-0.2, -0.15) is 13.2 Å². The number of nitrogens with zero attached hydrogens (tertiary/aromatic N) is 4. The van der Waals surface area contributed by atoms with E-state index < -0.39 is 24.9 Å². The number of likely N-dealkylation sites (N-methyl/N-ethyl adjacent to an activating group) is 1. The summed E-state index contributed by atoms with van der Waals surface area (Å²) < 4.78 is 44.4. The van der Waals surface area contributed by atoms with Crippen LogP contribution in [0, 0.1) is 0 Å². The van der Waals surface area contributed by atoms with Crippen molar-refractivity contribution in [1.82, 2.24) is 14.9 Å². The molecule has 3 aromatic rings. The summed E-state index contributed by atoms with van der Waals surface area (Å²) >= 11 is 0. The average molecular weight is 459 g/mol. The van der Waals surface area contributed by atoms with E-state index in [0.717, 1.165) is 30.6 Å². The number of aliphatic hydroxyl groups is 1. The molecule has 10 heteroatoms. The van der Waals surface area contributed by atoms with Crippen LogP contribution in [0.3, 0.4) is 0 Å². The summed E-state index contributed by atoms with van der Waals surface area (Å²) in [5, 5.41) is 13.7. The van der Waals surface area contributed by atoms with Crippen molar-refractivity contribution in [2.75, 3.05) is 44.0 Å². The standard InChI is InChI=1S/C23H24F3N5O2/c1-30-6-5-14-8-20(33-2)19(7-16(14)11-30)29-21-27-10-15-3-4-17(9-18(15)28-21)31-12-22(32,13-31)23(24,25)26/h3-4,7-10,32H,5-6,11-13H2,1-2H3,(H,27,28,29). The Morgan fingerprint density at radius 3 is 2.67 bits per heavy atom. The van der Waals surface area contributed by atoms with Crippen molar-refractivity contribution in [2.45, 2.75) is 24.7 Å². The quantitative estimate of drug-likeness (QED) is 0.619. The van der Waals surface area contributed by atoms with Crippen LogP contribution >= 0.6 is 0 Å². The number of aromatic nitrogens is 2. The van der Waals surface area contributed by atoms with Crippen molar-refractivity contribution in [3.63, 3.8) is 0 Å². The number of fused-ring (bicyclic) bond motifs is 2. The third kappa shape index (κ3) is 3.93. The Morgan fingerprint density at radius 2 is 1.94 bits per heavy atom. The first-order valence-electron chi connectivity index (χ1n) is 10.6. The molecule has 5 rings (SSSR count). The Hall–Kier alpha value is -3.11. The van der Waals surface area contributed by atoms with Gasteiger partial charge in [-0.15, -0.1) is 0 Å². The molecule has 2 N–H and O–H groups in total. The van der Waals surface area contributed by atoms with Crippen LogP contribution in [0.5, 0.6) is 5.75 Å². The van der Waals surface area contributed by atoms with Crippen molar-refractivity contribution >= 4 is 28.2 Å². The smallest absolute Gasteiger partial charge is 0.420 e. The number of rotatable bonds is 4. The van der Waals surface area contributed by atoms with Gasteiger partial charge >= 0.3 is 6.18 Å². The van der Waals surface area contributed by atoms with Crippen LogP contribution in [0.2, 0.25) is 0 Å². The van der Waals surface area contributed by atoms with Crippen LogP contribution in [-0.4, -0.2) is 65.5 Å². The summed E-state index contributed by atoms with van der Waals surface area (Å²) in [6, 6.07) is 9.25. The SMILES string of the molecule is COc1cc2c(cc1Nc1ncc3ccc(N4CC(O)(C(F)(F)F)C4)cc3n1)CN(C)CC2. The predicted molar refractivity (Wildman–Crippen MR) is 119 cm³/mol. The Balaban J connectivity index is 1.40. The average Bonchev–Trinajstić information content (AvgIpc) is 2.75. The minimum absolute atomic E-state index is 0.359. The molecule has 174 valence electrons. The fourth-order valence-electron chi connectivity index (χ4n) is 4.33. The molecule has 0 bridgehead atoms. The number of anilines is 3. The Bertz CT molecular complexity index is 1210. The second-order valence-electron chi connectivity index (χ2n) is 8.76. The van der Waals surface area contributed by atoms with Gasteiger partial charge in [-0.25, -0.2) is 9.97 Å². The van der Waals surface area contributed by atoms with Gasteiger partial charge in [0.15, 0.2) is 5.60 Å². The summed E-state index contributed by atoms with van der Waals surface area (Å²) in [7, 11) is 3.70. The molecule has 2 aliphatic rings. The highest BCUT2D eigenvalue weighted by Gasteiger charge is 2.61. The molecule has 0 spiro atoms.